The van der Waals surface area contributed by atoms with E-state index in [1.54, 1.807) is 0 Å². The molecule has 0 aliphatic heterocycles. The average molecular weight is 336 g/mol. The molecule has 0 radical (unpaired) electrons. The molecule has 1 N–H and O–H groups in total. The summed E-state index contributed by atoms with van der Waals surface area (Å²) < 4.78 is 14.0. The average Bonchev–Trinajstić information content (AvgIpc) is 2.44. The fourth-order valence-corrected chi connectivity index (χ4v) is 2.98. The first-order valence-electron chi connectivity index (χ1n) is 6.86. The Labute approximate surface area is 128 Å². The first kappa shape index (κ1) is 15.2. The van der Waals surface area contributed by atoms with Crippen LogP contribution in [0.3, 0.4) is 0 Å². The lowest BCUT2D eigenvalue weighted by Gasteiger charge is -2.19. The van der Waals surface area contributed by atoms with Crippen LogP contribution in [0.1, 0.15) is 36.1 Å². The maximum Gasteiger partial charge on any atom is 0.124 e. The molecule has 1 atom stereocenters. The smallest absolute Gasteiger partial charge is 0.124 e. The van der Waals surface area contributed by atoms with E-state index in [4.69, 9.17) is 0 Å². The van der Waals surface area contributed by atoms with Crippen molar-refractivity contribution >= 4 is 15.9 Å². The minimum atomic E-state index is -0.228. The van der Waals surface area contributed by atoms with Crippen molar-refractivity contribution < 1.29 is 4.39 Å². The number of hydrogen-bond donors (Lipinski definition) is 1. The van der Waals surface area contributed by atoms with E-state index >= 15 is 0 Å². The molecule has 2 aromatic rings. The maximum atomic E-state index is 13.2. The number of nitrogens with one attached hydrogen (secondary N) is 1. The molecular weight excluding hydrogens is 317 g/mol. The van der Waals surface area contributed by atoms with Gasteiger partial charge in [-0.25, -0.2) is 4.39 Å². The van der Waals surface area contributed by atoms with Gasteiger partial charge in [-0.05, 0) is 42.3 Å². The first-order valence-corrected chi connectivity index (χ1v) is 7.66. The van der Waals surface area contributed by atoms with E-state index in [2.05, 4.69) is 52.4 Å². The van der Waals surface area contributed by atoms with Crippen LogP contribution in [-0.4, -0.2) is 7.05 Å². The minimum Gasteiger partial charge on any atom is -0.309 e. The number of aryl methyl sites for hydroxylation is 1. The standard InChI is InChI=1S/C17H19BrFN/c1-3-4-12-5-7-13(8-6-12)17(20-2)15-10-9-14(19)11-16(15)18/h5-11,17,20H,3-4H2,1-2H3. The van der Waals surface area contributed by atoms with Crippen molar-refractivity contribution in [3.05, 3.63) is 69.4 Å². The summed E-state index contributed by atoms with van der Waals surface area (Å²) in [4.78, 5) is 0. The highest BCUT2D eigenvalue weighted by Crippen LogP contribution is 2.29. The van der Waals surface area contributed by atoms with Crippen LogP contribution in [0.4, 0.5) is 4.39 Å². The van der Waals surface area contributed by atoms with Gasteiger partial charge in [0.15, 0.2) is 0 Å². The number of rotatable bonds is 5. The monoisotopic (exact) mass is 335 g/mol. The SMILES string of the molecule is CCCc1ccc(C(NC)c2ccc(F)cc2Br)cc1. The van der Waals surface area contributed by atoms with Gasteiger partial charge in [-0.1, -0.05) is 59.6 Å². The first-order chi connectivity index (χ1) is 9.65. The summed E-state index contributed by atoms with van der Waals surface area (Å²) in [6.07, 6.45) is 2.25. The summed E-state index contributed by atoms with van der Waals surface area (Å²) >= 11 is 3.45. The molecular formula is C17H19BrFN. The van der Waals surface area contributed by atoms with E-state index in [9.17, 15) is 4.39 Å². The van der Waals surface area contributed by atoms with E-state index < -0.39 is 0 Å². The van der Waals surface area contributed by atoms with Gasteiger partial charge in [-0.3, -0.25) is 0 Å². The van der Waals surface area contributed by atoms with E-state index in [0.29, 0.717) is 0 Å². The second kappa shape index (κ2) is 7.00. The summed E-state index contributed by atoms with van der Waals surface area (Å²) in [5.41, 5.74) is 3.57. The van der Waals surface area contributed by atoms with Gasteiger partial charge < -0.3 is 5.32 Å². The zero-order valence-electron chi connectivity index (χ0n) is 11.8. The molecule has 0 amide bonds. The molecule has 20 heavy (non-hydrogen) atoms. The Kier molecular flexibility index (Phi) is 5.32. The fraction of sp³-hybridized carbons (Fsp3) is 0.294. The van der Waals surface area contributed by atoms with Crippen LogP contribution < -0.4 is 5.32 Å². The van der Waals surface area contributed by atoms with Crippen molar-refractivity contribution in [2.75, 3.05) is 7.05 Å². The van der Waals surface area contributed by atoms with Crippen LogP contribution in [0.2, 0.25) is 0 Å². The highest BCUT2D eigenvalue weighted by atomic mass is 79.9. The molecule has 0 aliphatic rings. The molecule has 0 aliphatic carbocycles. The Bertz CT molecular complexity index is 566. The van der Waals surface area contributed by atoms with E-state index in [0.717, 1.165) is 22.9 Å². The Balaban J connectivity index is 2.31. The molecule has 1 nitrogen and oxygen atoms in total. The number of halogens is 2. The lowest BCUT2D eigenvalue weighted by molar-refractivity contribution is 0.621. The Morgan fingerprint density at radius 2 is 1.85 bits per heavy atom. The molecule has 0 fully saturated rings. The van der Waals surface area contributed by atoms with Crippen molar-refractivity contribution in [3.8, 4) is 0 Å². The molecule has 0 saturated carbocycles. The molecule has 0 saturated heterocycles. The number of benzene rings is 2. The normalized spacial score (nSPS) is 12.4. The van der Waals surface area contributed by atoms with E-state index in [1.807, 2.05) is 13.1 Å². The summed E-state index contributed by atoms with van der Waals surface area (Å²) in [6.45, 7) is 2.18. The zero-order chi connectivity index (χ0) is 14.5. The lowest BCUT2D eigenvalue weighted by Crippen LogP contribution is -2.18. The third-order valence-electron chi connectivity index (χ3n) is 3.41. The van der Waals surface area contributed by atoms with Gasteiger partial charge in [0.05, 0.1) is 6.04 Å². The molecule has 0 spiro atoms. The Morgan fingerprint density at radius 3 is 2.40 bits per heavy atom. The van der Waals surface area contributed by atoms with Gasteiger partial charge in [0.25, 0.3) is 0 Å². The fourth-order valence-electron chi connectivity index (χ4n) is 2.40. The molecule has 1 unspecified atom stereocenters. The second-order valence-electron chi connectivity index (χ2n) is 4.88. The summed E-state index contributed by atoms with van der Waals surface area (Å²) in [5, 5.41) is 3.29. The summed E-state index contributed by atoms with van der Waals surface area (Å²) in [5.74, 6) is -0.228. The van der Waals surface area contributed by atoms with Gasteiger partial charge in [0.1, 0.15) is 5.82 Å². The van der Waals surface area contributed by atoms with Crippen molar-refractivity contribution in [3.63, 3.8) is 0 Å². The zero-order valence-corrected chi connectivity index (χ0v) is 13.4. The van der Waals surface area contributed by atoms with Crippen molar-refractivity contribution in [2.24, 2.45) is 0 Å². The van der Waals surface area contributed by atoms with Gasteiger partial charge in [0.2, 0.25) is 0 Å². The Morgan fingerprint density at radius 1 is 1.15 bits per heavy atom. The van der Waals surface area contributed by atoms with Crippen LogP contribution in [-0.2, 0) is 6.42 Å². The third-order valence-corrected chi connectivity index (χ3v) is 4.10. The van der Waals surface area contributed by atoms with Crippen molar-refractivity contribution in [2.45, 2.75) is 25.8 Å². The highest BCUT2D eigenvalue weighted by Gasteiger charge is 2.15. The number of hydrogen-bond acceptors (Lipinski definition) is 1. The Hall–Kier alpha value is -1.19. The van der Waals surface area contributed by atoms with Crippen LogP contribution in [0.25, 0.3) is 0 Å². The van der Waals surface area contributed by atoms with Crippen LogP contribution in [0.15, 0.2) is 46.9 Å². The molecule has 0 heterocycles. The van der Waals surface area contributed by atoms with Crippen LogP contribution in [0, 0.1) is 5.82 Å². The van der Waals surface area contributed by atoms with Crippen LogP contribution in [0.5, 0.6) is 0 Å². The summed E-state index contributed by atoms with van der Waals surface area (Å²) in [7, 11) is 1.92. The lowest BCUT2D eigenvalue weighted by atomic mass is 9.97. The van der Waals surface area contributed by atoms with Crippen LogP contribution >= 0.6 is 15.9 Å². The largest absolute Gasteiger partial charge is 0.309 e. The summed E-state index contributed by atoms with van der Waals surface area (Å²) in [6, 6.07) is 13.5. The molecule has 0 aromatic heterocycles. The minimum absolute atomic E-state index is 0.0562. The molecule has 0 bridgehead atoms. The third kappa shape index (κ3) is 3.47. The second-order valence-corrected chi connectivity index (χ2v) is 5.73. The van der Waals surface area contributed by atoms with Gasteiger partial charge in [-0.15, -0.1) is 0 Å². The predicted octanol–water partition coefficient (Wildman–Crippen LogP) is 4.85. The van der Waals surface area contributed by atoms with Gasteiger partial charge in [0, 0.05) is 4.47 Å². The van der Waals surface area contributed by atoms with E-state index in [1.165, 1.54) is 23.3 Å². The van der Waals surface area contributed by atoms with E-state index in [-0.39, 0.29) is 11.9 Å². The maximum absolute atomic E-state index is 13.2. The highest BCUT2D eigenvalue weighted by molar-refractivity contribution is 9.10. The van der Waals surface area contributed by atoms with Gasteiger partial charge in [-0.2, -0.15) is 0 Å². The van der Waals surface area contributed by atoms with Crippen molar-refractivity contribution in [1.82, 2.24) is 5.32 Å². The quantitative estimate of drug-likeness (QED) is 0.823. The molecule has 2 aromatic carbocycles. The topological polar surface area (TPSA) is 12.0 Å². The molecule has 3 heteroatoms. The predicted molar refractivity (Wildman–Crippen MR) is 85.4 cm³/mol. The van der Waals surface area contributed by atoms with Gasteiger partial charge >= 0.3 is 0 Å². The van der Waals surface area contributed by atoms with Crippen molar-refractivity contribution in [1.29, 1.82) is 0 Å². The molecule has 2 rings (SSSR count). The molecule has 106 valence electrons.